The third kappa shape index (κ3) is 3.05. The highest BCUT2D eigenvalue weighted by molar-refractivity contribution is 5.72. The third-order valence-corrected chi connectivity index (χ3v) is 4.43. The van der Waals surface area contributed by atoms with Gasteiger partial charge in [0.1, 0.15) is 11.2 Å². The molecule has 3 rings (SSSR count). The van der Waals surface area contributed by atoms with Gasteiger partial charge in [-0.05, 0) is 12.8 Å². The summed E-state index contributed by atoms with van der Waals surface area (Å²) in [5.41, 5.74) is 0.517. The second kappa shape index (κ2) is 6.58. The molecule has 2 aromatic rings. The molecule has 1 saturated carbocycles. The molecule has 1 N–H and O–H groups in total. The standard InChI is InChI=1S/C15H23N5O2/c1-19-14-12(9-16-19)15(21)18-13(17-14)10-20(7-8-22-2)11-5-3-4-6-11/h9,11H,3-8,10H2,1-2H3,(H,17,18,21). The molecule has 0 saturated heterocycles. The molecule has 1 aliphatic rings. The van der Waals surface area contributed by atoms with Gasteiger partial charge in [0, 0.05) is 26.7 Å². The molecule has 22 heavy (non-hydrogen) atoms. The maximum atomic E-state index is 12.1. The second-order valence-electron chi connectivity index (χ2n) is 5.92. The number of aryl methyl sites for hydroxylation is 1. The topological polar surface area (TPSA) is 76.0 Å². The first-order valence-corrected chi connectivity index (χ1v) is 7.83. The minimum Gasteiger partial charge on any atom is -0.383 e. The van der Waals surface area contributed by atoms with E-state index in [9.17, 15) is 4.79 Å². The number of aromatic amines is 1. The van der Waals surface area contributed by atoms with Gasteiger partial charge in [-0.15, -0.1) is 0 Å². The first kappa shape index (κ1) is 15.2. The van der Waals surface area contributed by atoms with Crippen molar-refractivity contribution in [3.63, 3.8) is 0 Å². The van der Waals surface area contributed by atoms with Crippen molar-refractivity contribution in [1.29, 1.82) is 0 Å². The summed E-state index contributed by atoms with van der Waals surface area (Å²) >= 11 is 0. The van der Waals surface area contributed by atoms with Gasteiger partial charge in [0.2, 0.25) is 0 Å². The van der Waals surface area contributed by atoms with E-state index in [0.29, 0.717) is 36.1 Å². The van der Waals surface area contributed by atoms with Crippen LogP contribution >= 0.6 is 0 Å². The van der Waals surface area contributed by atoms with Gasteiger partial charge in [-0.3, -0.25) is 14.4 Å². The van der Waals surface area contributed by atoms with Crippen LogP contribution in [0, 0.1) is 0 Å². The van der Waals surface area contributed by atoms with Gasteiger partial charge < -0.3 is 9.72 Å². The Bertz CT molecular complexity index is 687. The van der Waals surface area contributed by atoms with E-state index in [-0.39, 0.29) is 5.56 Å². The highest BCUT2D eigenvalue weighted by Crippen LogP contribution is 2.24. The van der Waals surface area contributed by atoms with Crippen LogP contribution in [0.2, 0.25) is 0 Å². The van der Waals surface area contributed by atoms with E-state index >= 15 is 0 Å². The molecule has 0 amide bonds. The number of fused-ring (bicyclic) bond motifs is 1. The number of hydrogen-bond donors (Lipinski definition) is 1. The maximum absolute atomic E-state index is 12.1. The minimum atomic E-state index is -0.119. The normalized spacial score (nSPS) is 16.1. The predicted octanol–water partition coefficient (Wildman–Crippen LogP) is 1.05. The quantitative estimate of drug-likeness (QED) is 0.863. The van der Waals surface area contributed by atoms with Crippen LogP contribution in [-0.4, -0.2) is 51.0 Å². The summed E-state index contributed by atoms with van der Waals surface area (Å²) in [4.78, 5) is 22.0. The number of rotatable bonds is 6. The number of aromatic nitrogens is 4. The van der Waals surface area contributed by atoms with Gasteiger partial charge in [0.15, 0.2) is 5.65 Å². The fraction of sp³-hybridized carbons (Fsp3) is 0.667. The van der Waals surface area contributed by atoms with Gasteiger partial charge >= 0.3 is 0 Å². The molecule has 0 bridgehead atoms. The van der Waals surface area contributed by atoms with E-state index < -0.39 is 0 Å². The lowest BCUT2D eigenvalue weighted by Gasteiger charge is -2.27. The average Bonchev–Trinajstić information content (AvgIpc) is 3.14. The molecule has 2 aromatic heterocycles. The average molecular weight is 305 g/mol. The summed E-state index contributed by atoms with van der Waals surface area (Å²) in [5.74, 6) is 0.698. The fourth-order valence-electron chi connectivity index (χ4n) is 3.21. The highest BCUT2D eigenvalue weighted by Gasteiger charge is 2.23. The zero-order valence-electron chi connectivity index (χ0n) is 13.2. The van der Waals surface area contributed by atoms with Crippen molar-refractivity contribution in [3.8, 4) is 0 Å². The summed E-state index contributed by atoms with van der Waals surface area (Å²) in [6, 6.07) is 0.558. The Morgan fingerprint density at radius 2 is 2.23 bits per heavy atom. The van der Waals surface area contributed by atoms with Crippen molar-refractivity contribution in [3.05, 3.63) is 22.4 Å². The van der Waals surface area contributed by atoms with E-state index in [4.69, 9.17) is 4.74 Å². The van der Waals surface area contributed by atoms with E-state index in [2.05, 4.69) is 20.0 Å². The first-order valence-electron chi connectivity index (χ1n) is 7.83. The van der Waals surface area contributed by atoms with Gasteiger partial charge in [0.05, 0.1) is 19.3 Å². The highest BCUT2D eigenvalue weighted by atomic mass is 16.5. The molecule has 1 aliphatic carbocycles. The molecule has 0 aliphatic heterocycles. The summed E-state index contributed by atoms with van der Waals surface area (Å²) in [6.07, 6.45) is 6.53. The van der Waals surface area contributed by atoms with E-state index in [0.717, 1.165) is 6.54 Å². The number of ether oxygens (including phenoxy) is 1. The van der Waals surface area contributed by atoms with Crippen molar-refractivity contribution in [2.45, 2.75) is 38.3 Å². The fourth-order valence-corrected chi connectivity index (χ4v) is 3.21. The maximum Gasteiger partial charge on any atom is 0.262 e. The van der Waals surface area contributed by atoms with Crippen molar-refractivity contribution in [1.82, 2.24) is 24.6 Å². The summed E-state index contributed by atoms with van der Waals surface area (Å²) in [5, 5.41) is 4.64. The molecule has 0 spiro atoms. The number of nitrogens with one attached hydrogen (secondary N) is 1. The number of H-pyrrole nitrogens is 1. The van der Waals surface area contributed by atoms with Crippen LogP contribution in [0.25, 0.3) is 11.0 Å². The number of nitrogens with zero attached hydrogens (tertiary/aromatic N) is 4. The van der Waals surface area contributed by atoms with E-state index in [1.807, 2.05) is 0 Å². The molecule has 0 unspecified atom stereocenters. The van der Waals surface area contributed by atoms with Gasteiger partial charge in [-0.25, -0.2) is 4.98 Å². The second-order valence-corrected chi connectivity index (χ2v) is 5.92. The van der Waals surface area contributed by atoms with Crippen LogP contribution in [-0.2, 0) is 18.3 Å². The molecule has 0 aromatic carbocycles. The Hall–Kier alpha value is -1.73. The minimum absolute atomic E-state index is 0.119. The van der Waals surface area contributed by atoms with Crippen LogP contribution in [0.15, 0.2) is 11.0 Å². The van der Waals surface area contributed by atoms with Crippen LogP contribution in [0.5, 0.6) is 0 Å². The number of hydrogen-bond acceptors (Lipinski definition) is 5. The predicted molar refractivity (Wildman–Crippen MR) is 83.7 cm³/mol. The Kier molecular flexibility index (Phi) is 4.54. The molecule has 2 heterocycles. The van der Waals surface area contributed by atoms with Gasteiger partial charge in [-0.1, -0.05) is 12.8 Å². The molecule has 0 radical (unpaired) electrons. The third-order valence-electron chi connectivity index (χ3n) is 4.43. The molecule has 0 atom stereocenters. The van der Waals surface area contributed by atoms with Crippen LogP contribution < -0.4 is 5.56 Å². The van der Waals surface area contributed by atoms with Crippen LogP contribution in [0.3, 0.4) is 0 Å². The monoisotopic (exact) mass is 305 g/mol. The Morgan fingerprint density at radius 3 is 2.95 bits per heavy atom. The molecule has 120 valence electrons. The molecule has 7 nitrogen and oxygen atoms in total. The van der Waals surface area contributed by atoms with E-state index in [1.165, 1.54) is 25.7 Å². The molecular weight excluding hydrogens is 282 g/mol. The first-order chi connectivity index (χ1) is 10.7. The lowest BCUT2D eigenvalue weighted by Crippen LogP contribution is -2.36. The summed E-state index contributed by atoms with van der Waals surface area (Å²) in [7, 11) is 3.52. The zero-order valence-corrected chi connectivity index (χ0v) is 13.2. The van der Waals surface area contributed by atoms with Crippen molar-refractivity contribution in [2.75, 3.05) is 20.3 Å². The van der Waals surface area contributed by atoms with Gasteiger partial charge in [0.25, 0.3) is 5.56 Å². The largest absolute Gasteiger partial charge is 0.383 e. The lowest BCUT2D eigenvalue weighted by atomic mass is 10.2. The Morgan fingerprint density at radius 1 is 1.45 bits per heavy atom. The van der Waals surface area contributed by atoms with Crippen LogP contribution in [0.1, 0.15) is 31.5 Å². The molecule has 7 heteroatoms. The molecular formula is C15H23N5O2. The van der Waals surface area contributed by atoms with Gasteiger partial charge in [-0.2, -0.15) is 5.10 Å². The smallest absolute Gasteiger partial charge is 0.262 e. The Balaban J connectivity index is 1.84. The van der Waals surface area contributed by atoms with Crippen LogP contribution in [0.4, 0.5) is 0 Å². The van der Waals surface area contributed by atoms with Crippen molar-refractivity contribution in [2.24, 2.45) is 7.05 Å². The molecule has 1 fully saturated rings. The van der Waals surface area contributed by atoms with E-state index in [1.54, 1.807) is 25.0 Å². The Labute approximate surface area is 129 Å². The SMILES string of the molecule is COCCN(Cc1nc2c(cnn2C)c(=O)[nH]1)C1CCCC1. The van der Waals surface area contributed by atoms with Crippen molar-refractivity contribution >= 4 is 11.0 Å². The summed E-state index contributed by atoms with van der Waals surface area (Å²) < 4.78 is 6.86. The zero-order chi connectivity index (χ0) is 15.5. The lowest BCUT2D eigenvalue weighted by molar-refractivity contribution is 0.113. The van der Waals surface area contributed by atoms with Crippen molar-refractivity contribution < 1.29 is 4.74 Å². The number of methoxy groups -OCH3 is 1. The summed E-state index contributed by atoms with van der Waals surface area (Å²) in [6.45, 7) is 2.19.